The average molecular weight is 854 g/mol. The predicted octanol–water partition coefficient (Wildman–Crippen LogP) is 6.04. The van der Waals surface area contributed by atoms with Gasteiger partial charge in [-0.3, -0.25) is 25.0 Å². The van der Waals surface area contributed by atoms with Gasteiger partial charge >= 0.3 is 0 Å². The standard InChI is InChI=1S/C39H30Cl2N10O9/c40-25-15-27-23(13-29(25)50(53)54)38(44-17-42-27)48-9-5-46(6-10-48)33-21(1-3-31-36(33)59-19-57-31)35(52)22-2-4-32-37(60-20-58-32)34(22)47-7-11-49(12-8-47)39-24-14-30(51(55)56)26(41)16-28(24)43-18-45-39/h1-4,13-18H,5-12,19-20H2. The molecule has 0 atom stereocenters. The van der Waals surface area contributed by atoms with Crippen molar-refractivity contribution in [2.75, 3.05) is 85.5 Å². The van der Waals surface area contributed by atoms with Crippen LogP contribution in [-0.4, -0.2) is 102 Å². The molecule has 4 aromatic carbocycles. The predicted molar refractivity (Wildman–Crippen MR) is 220 cm³/mol. The van der Waals surface area contributed by atoms with Crippen LogP contribution in [-0.2, 0) is 0 Å². The quantitative estimate of drug-likeness (QED) is 0.0973. The molecule has 0 aliphatic carbocycles. The molecule has 4 aliphatic rings. The summed E-state index contributed by atoms with van der Waals surface area (Å²) in [6, 6.07) is 12.7. The fourth-order valence-corrected chi connectivity index (χ4v) is 8.68. The molecule has 19 nitrogen and oxygen atoms in total. The molecule has 0 amide bonds. The SMILES string of the molecule is O=C(c1ccc2c(c1N1CCN(c3ncnc4cc(Cl)c([N+](=O)[O-])cc34)CC1)OCO2)c1ccc2c(c1N1CCN(c3ncnc4cc(Cl)c([N+](=O)[O-])cc34)CC1)OCO2. The molecular weight excluding hydrogens is 823 g/mol. The molecule has 6 aromatic rings. The number of hydrogen-bond acceptors (Lipinski definition) is 17. The third-order valence-electron chi connectivity index (χ3n) is 11.1. The van der Waals surface area contributed by atoms with Gasteiger partial charge in [0.2, 0.25) is 13.6 Å². The number of halogens is 2. The first-order valence-corrected chi connectivity index (χ1v) is 19.5. The zero-order chi connectivity index (χ0) is 41.2. The molecule has 0 spiro atoms. The summed E-state index contributed by atoms with van der Waals surface area (Å²) in [6.45, 7) is 3.63. The molecule has 0 saturated carbocycles. The summed E-state index contributed by atoms with van der Waals surface area (Å²) < 4.78 is 23.6. The highest BCUT2D eigenvalue weighted by molar-refractivity contribution is 6.34. The first-order chi connectivity index (χ1) is 29.1. The van der Waals surface area contributed by atoms with Gasteiger partial charge in [0.05, 0.1) is 43.4 Å². The zero-order valence-corrected chi connectivity index (χ0v) is 32.8. The van der Waals surface area contributed by atoms with E-state index in [0.717, 1.165) is 0 Å². The van der Waals surface area contributed by atoms with Gasteiger partial charge in [-0.1, -0.05) is 23.2 Å². The molecule has 0 unspecified atom stereocenters. The number of nitro benzene ring substituents is 2. The summed E-state index contributed by atoms with van der Waals surface area (Å²) in [7, 11) is 0. The number of nitrogens with zero attached hydrogens (tertiary/aromatic N) is 10. The van der Waals surface area contributed by atoms with Crippen LogP contribution in [0.1, 0.15) is 15.9 Å². The second-order valence-corrected chi connectivity index (χ2v) is 15.0. The molecule has 2 saturated heterocycles. The van der Waals surface area contributed by atoms with E-state index in [4.69, 9.17) is 42.1 Å². The van der Waals surface area contributed by atoms with Gasteiger partial charge in [-0.15, -0.1) is 0 Å². The van der Waals surface area contributed by atoms with Gasteiger partial charge < -0.3 is 38.5 Å². The van der Waals surface area contributed by atoms with Gasteiger partial charge in [0.1, 0.15) is 34.3 Å². The van der Waals surface area contributed by atoms with E-state index < -0.39 is 9.85 Å². The van der Waals surface area contributed by atoms with Gasteiger partial charge in [0.25, 0.3) is 11.4 Å². The molecule has 0 bridgehead atoms. The lowest BCUT2D eigenvalue weighted by molar-refractivity contribution is -0.384. The number of nitro groups is 2. The highest BCUT2D eigenvalue weighted by Crippen LogP contribution is 2.48. The summed E-state index contributed by atoms with van der Waals surface area (Å²) in [6.07, 6.45) is 2.81. The first kappa shape index (κ1) is 37.3. The average Bonchev–Trinajstić information content (AvgIpc) is 3.95. The summed E-state index contributed by atoms with van der Waals surface area (Å²) in [4.78, 5) is 63.2. The lowest BCUT2D eigenvalue weighted by Gasteiger charge is -2.38. The molecule has 60 heavy (non-hydrogen) atoms. The second kappa shape index (κ2) is 14.7. The van der Waals surface area contributed by atoms with E-state index >= 15 is 4.79 Å². The number of aromatic nitrogens is 4. The van der Waals surface area contributed by atoms with Gasteiger partial charge in [-0.25, -0.2) is 19.9 Å². The van der Waals surface area contributed by atoms with E-state index in [0.29, 0.717) is 131 Å². The lowest BCUT2D eigenvalue weighted by Crippen LogP contribution is -2.47. The summed E-state index contributed by atoms with van der Waals surface area (Å²) in [5.41, 5.74) is 2.47. The van der Waals surface area contributed by atoms with Crippen molar-refractivity contribution in [3.63, 3.8) is 0 Å². The van der Waals surface area contributed by atoms with Crippen molar-refractivity contribution >= 4 is 85.2 Å². The Balaban J connectivity index is 0.952. The Kier molecular flexibility index (Phi) is 9.12. The smallest absolute Gasteiger partial charge is 0.288 e. The molecule has 10 rings (SSSR count). The number of hydrogen-bond donors (Lipinski definition) is 0. The second-order valence-electron chi connectivity index (χ2n) is 14.2. The third-order valence-corrected chi connectivity index (χ3v) is 11.7. The van der Waals surface area contributed by atoms with Gasteiger partial charge in [-0.05, 0) is 36.4 Å². The lowest BCUT2D eigenvalue weighted by atomic mass is 9.96. The van der Waals surface area contributed by atoms with Crippen LogP contribution < -0.4 is 38.5 Å². The number of piperazine rings is 2. The molecular formula is C39H30Cl2N10O9. The summed E-state index contributed by atoms with van der Waals surface area (Å²) >= 11 is 12.4. The molecule has 6 heterocycles. The van der Waals surface area contributed by atoms with Crippen LogP contribution in [0.4, 0.5) is 34.4 Å². The molecule has 2 aromatic heterocycles. The Labute approximate surface area is 348 Å². The minimum atomic E-state index is -0.533. The highest BCUT2D eigenvalue weighted by Gasteiger charge is 2.35. The van der Waals surface area contributed by atoms with Crippen molar-refractivity contribution in [1.82, 2.24) is 19.9 Å². The minimum Gasteiger partial charge on any atom is -0.454 e. The van der Waals surface area contributed by atoms with Crippen molar-refractivity contribution in [3.05, 3.63) is 103 Å². The Morgan fingerprint density at radius 1 is 0.567 bits per heavy atom. The van der Waals surface area contributed by atoms with Crippen LogP contribution in [0, 0.1) is 20.2 Å². The number of ketones is 1. The third kappa shape index (κ3) is 6.24. The van der Waals surface area contributed by atoms with E-state index in [2.05, 4.69) is 29.7 Å². The maximum absolute atomic E-state index is 15.0. The normalized spacial score (nSPS) is 15.9. The molecule has 4 aliphatic heterocycles. The van der Waals surface area contributed by atoms with Crippen LogP contribution in [0.5, 0.6) is 23.0 Å². The largest absolute Gasteiger partial charge is 0.454 e. The van der Waals surface area contributed by atoms with E-state index in [1.54, 1.807) is 24.3 Å². The van der Waals surface area contributed by atoms with Gasteiger partial charge in [0, 0.05) is 75.3 Å². The van der Waals surface area contributed by atoms with Gasteiger partial charge in [0.15, 0.2) is 28.8 Å². The van der Waals surface area contributed by atoms with E-state index in [1.807, 2.05) is 9.80 Å². The molecule has 0 N–H and O–H groups in total. The molecule has 2 fully saturated rings. The van der Waals surface area contributed by atoms with E-state index in [1.165, 1.54) is 36.9 Å². The maximum atomic E-state index is 15.0. The van der Waals surface area contributed by atoms with Crippen LogP contribution in [0.2, 0.25) is 10.0 Å². The van der Waals surface area contributed by atoms with Crippen molar-refractivity contribution in [1.29, 1.82) is 0 Å². The number of rotatable bonds is 8. The van der Waals surface area contributed by atoms with Gasteiger partial charge in [-0.2, -0.15) is 0 Å². The monoisotopic (exact) mass is 852 g/mol. The Hall–Kier alpha value is -6.99. The van der Waals surface area contributed by atoms with E-state index in [-0.39, 0.29) is 40.8 Å². The fourth-order valence-electron chi connectivity index (χ4n) is 8.23. The van der Waals surface area contributed by atoms with Crippen molar-refractivity contribution in [2.45, 2.75) is 0 Å². The number of fused-ring (bicyclic) bond motifs is 4. The summed E-state index contributed by atoms with van der Waals surface area (Å²) in [5.74, 6) is 2.76. The molecule has 21 heteroatoms. The minimum absolute atomic E-state index is 0.00420. The molecule has 0 radical (unpaired) electrons. The molecule has 304 valence electrons. The van der Waals surface area contributed by atoms with Crippen LogP contribution >= 0.6 is 23.2 Å². The zero-order valence-electron chi connectivity index (χ0n) is 31.2. The van der Waals surface area contributed by atoms with E-state index in [9.17, 15) is 20.2 Å². The topological polar surface area (TPSA) is 205 Å². The number of carbonyl (C=O) groups is 1. The summed E-state index contributed by atoms with van der Waals surface area (Å²) in [5, 5.41) is 24.4. The number of anilines is 4. The number of ether oxygens (including phenoxy) is 4. The Bertz CT molecular complexity index is 2610. The van der Waals surface area contributed by atoms with Crippen LogP contribution in [0.25, 0.3) is 21.8 Å². The van der Waals surface area contributed by atoms with Crippen LogP contribution in [0.15, 0.2) is 61.2 Å². The Morgan fingerprint density at radius 2 is 0.967 bits per heavy atom. The van der Waals surface area contributed by atoms with Crippen molar-refractivity contribution < 1.29 is 33.6 Å². The number of benzene rings is 4. The Morgan fingerprint density at radius 3 is 1.37 bits per heavy atom. The van der Waals surface area contributed by atoms with Crippen LogP contribution in [0.3, 0.4) is 0 Å². The maximum Gasteiger partial charge on any atom is 0.288 e. The highest BCUT2D eigenvalue weighted by atomic mass is 35.5. The number of carbonyl (C=O) groups excluding carboxylic acids is 1. The van der Waals surface area contributed by atoms with Crippen molar-refractivity contribution in [3.8, 4) is 23.0 Å². The first-order valence-electron chi connectivity index (χ1n) is 18.7. The fraction of sp³-hybridized carbons (Fsp3) is 0.256. The van der Waals surface area contributed by atoms with Crippen molar-refractivity contribution in [2.24, 2.45) is 0 Å².